The second-order valence-electron chi connectivity index (χ2n) is 7.04. The maximum atomic E-state index is 11.7. The van der Waals surface area contributed by atoms with Gasteiger partial charge in [-0.15, -0.1) is 0 Å². The third-order valence-corrected chi connectivity index (χ3v) is 5.83. The van der Waals surface area contributed by atoms with Crippen LogP contribution < -0.4 is 9.88 Å². The van der Waals surface area contributed by atoms with Crippen LogP contribution in [0, 0.1) is 23.2 Å². The number of nitriles is 1. The zero-order chi connectivity index (χ0) is 19.9. The number of rotatable bonds is 8. The molecule has 2 unspecified atom stereocenters. The van der Waals surface area contributed by atoms with Crippen LogP contribution in [0.4, 0.5) is 0 Å². The Morgan fingerprint density at radius 3 is 2.63 bits per heavy atom. The first-order valence-corrected chi connectivity index (χ1v) is 10.8. The standard InChI is InChI=1S/C19H27N3O4S/c1-15(23)22-11-8-17(9-12-27(21,24)25)18(13-22)14-26-19-6-4-16(5-7-19)3-2-10-20/h4-7,17-18H,2-3,8-9,11-14H2,1H3,(H2,21,24,25). The molecule has 148 valence electrons. The molecule has 1 aromatic rings. The van der Waals surface area contributed by atoms with Crippen molar-refractivity contribution in [2.45, 2.75) is 32.6 Å². The van der Waals surface area contributed by atoms with Crippen LogP contribution in [-0.2, 0) is 21.2 Å². The molecule has 0 spiro atoms. The van der Waals surface area contributed by atoms with Crippen LogP contribution >= 0.6 is 0 Å². The molecule has 2 atom stereocenters. The molecule has 0 aromatic heterocycles. The fourth-order valence-corrected chi connectivity index (χ4v) is 4.04. The first-order valence-electron chi connectivity index (χ1n) is 9.13. The number of sulfonamides is 1. The number of primary sulfonamides is 1. The number of nitrogens with two attached hydrogens (primary N) is 1. The lowest BCUT2D eigenvalue weighted by atomic mass is 9.84. The van der Waals surface area contributed by atoms with Gasteiger partial charge in [-0.1, -0.05) is 12.1 Å². The van der Waals surface area contributed by atoms with E-state index in [0.717, 1.165) is 17.7 Å². The summed E-state index contributed by atoms with van der Waals surface area (Å²) in [5.74, 6) is 0.894. The molecule has 8 heteroatoms. The SMILES string of the molecule is CC(=O)N1CCC(CCS(N)(=O)=O)C(COc2ccc(CCC#N)cc2)C1. The highest BCUT2D eigenvalue weighted by Crippen LogP contribution is 2.28. The van der Waals surface area contributed by atoms with E-state index in [1.807, 2.05) is 24.3 Å². The minimum Gasteiger partial charge on any atom is -0.493 e. The van der Waals surface area contributed by atoms with Crippen molar-refractivity contribution in [1.82, 2.24) is 4.90 Å². The lowest BCUT2D eigenvalue weighted by Crippen LogP contribution is -2.45. The minimum absolute atomic E-state index is 0.0201. The predicted octanol–water partition coefficient (Wildman–Crippen LogP) is 1.68. The van der Waals surface area contributed by atoms with Crippen molar-refractivity contribution >= 4 is 15.9 Å². The first kappa shape index (κ1) is 21.2. The number of ether oxygens (including phenoxy) is 1. The maximum Gasteiger partial charge on any atom is 0.219 e. The molecule has 7 nitrogen and oxygen atoms in total. The van der Waals surface area contributed by atoms with Crippen LogP contribution in [0.15, 0.2) is 24.3 Å². The summed E-state index contributed by atoms with van der Waals surface area (Å²) < 4.78 is 28.5. The Morgan fingerprint density at radius 2 is 2.04 bits per heavy atom. The summed E-state index contributed by atoms with van der Waals surface area (Å²) >= 11 is 0. The molecule has 1 aliphatic rings. The zero-order valence-electron chi connectivity index (χ0n) is 15.6. The van der Waals surface area contributed by atoms with Gasteiger partial charge in [0.1, 0.15) is 5.75 Å². The molecule has 2 rings (SSSR count). The molecule has 27 heavy (non-hydrogen) atoms. The Labute approximate surface area is 161 Å². The predicted molar refractivity (Wildman–Crippen MR) is 102 cm³/mol. The summed E-state index contributed by atoms with van der Waals surface area (Å²) in [5, 5.41) is 13.8. The average Bonchev–Trinajstić information content (AvgIpc) is 2.63. The van der Waals surface area contributed by atoms with Crippen LogP contribution in [-0.4, -0.2) is 44.7 Å². The second-order valence-corrected chi connectivity index (χ2v) is 8.78. The number of piperidine rings is 1. The number of hydrogen-bond donors (Lipinski definition) is 1. The van der Waals surface area contributed by atoms with E-state index in [2.05, 4.69) is 6.07 Å². The van der Waals surface area contributed by atoms with E-state index in [-0.39, 0.29) is 23.5 Å². The van der Waals surface area contributed by atoms with Gasteiger partial charge in [-0.2, -0.15) is 5.26 Å². The monoisotopic (exact) mass is 393 g/mol. The number of carbonyl (C=O) groups excluding carboxylic acids is 1. The van der Waals surface area contributed by atoms with E-state index >= 15 is 0 Å². The normalized spacial score (nSPS) is 20.1. The van der Waals surface area contributed by atoms with E-state index in [9.17, 15) is 13.2 Å². The van der Waals surface area contributed by atoms with Gasteiger partial charge < -0.3 is 9.64 Å². The first-order chi connectivity index (χ1) is 12.8. The molecule has 0 radical (unpaired) electrons. The summed E-state index contributed by atoms with van der Waals surface area (Å²) in [6.07, 6.45) is 2.42. The van der Waals surface area contributed by atoms with Crippen molar-refractivity contribution in [3.05, 3.63) is 29.8 Å². The van der Waals surface area contributed by atoms with Crippen LogP contribution in [0.25, 0.3) is 0 Å². The van der Waals surface area contributed by atoms with Gasteiger partial charge in [0.2, 0.25) is 15.9 Å². The molecular weight excluding hydrogens is 366 g/mol. The molecule has 1 saturated heterocycles. The lowest BCUT2D eigenvalue weighted by Gasteiger charge is -2.38. The highest BCUT2D eigenvalue weighted by molar-refractivity contribution is 7.89. The van der Waals surface area contributed by atoms with Gasteiger partial charge in [-0.25, -0.2) is 13.6 Å². The van der Waals surface area contributed by atoms with Crippen LogP contribution in [0.3, 0.4) is 0 Å². The quantitative estimate of drug-likeness (QED) is 0.722. The summed E-state index contributed by atoms with van der Waals surface area (Å²) in [6.45, 7) is 3.15. The molecule has 1 fully saturated rings. The number of hydrogen-bond acceptors (Lipinski definition) is 5. The van der Waals surface area contributed by atoms with Crippen molar-refractivity contribution in [2.24, 2.45) is 17.0 Å². The highest BCUT2D eigenvalue weighted by Gasteiger charge is 2.31. The zero-order valence-corrected chi connectivity index (χ0v) is 16.5. The molecule has 0 saturated carbocycles. The van der Waals surface area contributed by atoms with E-state index in [4.69, 9.17) is 15.1 Å². The average molecular weight is 394 g/mol. The van der Waals surface area contributed by atoms with E-state index in [0.29, 0.717) is 39.0 Å². The Hall–Kier alpha value is -2.11. The van der Waals surface area contributed by atoms with Crippen LogP contribution in [0.5, 0.6) is 5.75 Å². The van der Waals surface area contributed by atoms with Gasteiger partial charge in [0.15, 0.2) is 0 Å². The van der Waals surface area contributed by atoms with Crippen LogP contribution in [0.2, 0.25) is 0 Å². The molecule has 2 N–H and O–H groups in total. The molecule has 1 aromatic carbocycles. The Morgan fingerprint density at radius 1 is 1.33 bits per heavy atom. The highest BCUT2D eigenvalue weighted by atomic mass is 32.2. The van der Waals surface area contributed by atoms with Crippen molar-refractivity contribution in [2.75, 3.05) is 25.4 Å². The number of carbonyl (C=O) groups is 1. The minimum atomic E-state index is -3.50. The molecule has 0 bridgehead atoms. The Kier molecular flexibility index (Phi) is 7.63. The fraction of sp³-hybridized carbons (Fsp3) is 0.579. The Bertz CT molecular complexity index is 771. The number of aryl methyl sites for hydroxylation is 1. The molecule has 1 amide bonds. The van der Waals surface area contributed by atoms with Crippen LogP contribution in [0.1, 0.15) is 31.7 Å². The summed E-state index contributed by atoms with van der Waals surface area (Å²) in [7, 11) is -3.50. The van der Waals surface area contributed by atoms with Gasteiger partial charge in [-0.3, -0.25) is 4.79 Å². The van der Waals surface area contributed by atoms with Gasteiger partial charge in [0.25, 0.3) is 0 Å². The smallest absolute Gasteiger partial charge is 0.219 e. The van der Waals surface area contributed by atoms with Crippen molar-refractivity contribution in [1.29, 1.82) is 5.26 Å². The van der Waals surface area contributed by atoms with E-state index in [1.165, 1.54) is 0 Å². The van der Waals surface area contributed by atoms with E-state index in [1.54, 1.807) is 11.8 Å². The largest absolute Gasteiger partial charge is 0.493 e. The fourth-order valence-electron chi connectivity index (χ4n) is 3.41. The number of amides is 1. The molecule has 0 aliphatic carbocycles. The lowest BCUT2D eigenvalue weighted by molar-refractivity contribution is -0.131. The van der Waals surface area contributed by atoms with Gasteiger partial charge in [0.05, 0.1) is 18.4 Å². The van der Waals surface area contributed by atoms with Crippen molar-refractivity contribution in [3.8, 4) is 11.8 Å². The number of likely N-dealkylation sites (tertiary alicyclic amines) is 1. The van der Waals surface area contributed by atoms with Crippen molar-refractivity contribution in [3.63, 3.8) is 0 Å². The van der Waals surface area contributed by atoms with Gasteiger partial charge >= 0.3 is 0 Å². The molecular formula is C19H27N3O4S. The van der Waals surface area contributed by atoms with Gasteiger partial charge in [0, 0.05) is 32.4 Å². The van der Waals surface area contributed by atoms with E-state index < -0.39 is 10.0 Å². The molecule has 1 aliphatic heterocycles. The number of benzene rings is 1. The third-order valence-electron chi connectivity index (χ3n) is 5.02. The second kappa shape index (κ2) is 9.72. The molecule has 1 heterocycles. The maximum absolute atomic E-state index is 11.7. The topological polar surface area (TPSA) is 113 Å². The third kappa shape index (κ3) is 7.19. The summed E-state index contributed by atoms with van der Waals surface area (Å²) in [5.41, 5.74) is 1.08. The van der Waals surface area contributed by atoms with Crippen molar-refractivity contribution < 1.29 is 17.9 Å². The van der Waals surface area contributed by atoms with Gasteiger partial charge in [-0.05, 0) is 42.9 Å². The summed E-state index contributed by atoms with van der Waals surface area (Å²) in [6, 6.07) is 9.75. The number of nitrogens with zero attached hydrogens (tertiary/aromatic N) is 2. The summed E-state index contributed by atoms with van der Waals surface area (Å²) in [4.78, 5) is 13.5. The Balaban J connectivity index is 1.97.